The highest BCUT2D eigenvalue weighted by Gasteiger charge is 2.39. The molecule has 0 aliphatic carbocycles. The zero-order chi connectivity index (χ0) is 41.3. The molecular weight excluding hydrogens is 750 g/mol. The van der Waals surface area contributed by atoms with E-state index in [1.165, 1.54) is 6.07 Å². The van der Waals surface area contributed by atoms with Crippen molar-refractivity contribution in [1.82, 2.24) is 9.13 Å². The van der Waals surface area contributed by atoms with Gasteiger partial charge in [-0.15, -0.1) is 0 Å². The number of aryl methyl sites for hydroxylation is 2. The normalized spacial score (nSPS) is 11.7. The Hall–Kier alpha value is -7.87. The van der Waals surface area contributed by atoms with E-state index in [0.29, 0.717) is 33.2 Å². The Balaban J connectivity index is 1.40. The minimum absolute atomic E-state index is 0.0787. The van der Waals surface area contributed by atoms with Crippen LogP contribution >= 0.6 is 0 Å². The van der Waals surface area contributed by atoms with Crippen LogP contribution in [0.2, 0.25) is 0 Å². The highest BCUT2D eigenvalue weighted by molar-refractivity contribution is 6.12. The number of hydrogen-bond donors (Lipinski definition) is 0. The van der Waals surface area contributed by atoms with Gasteiger partial charge in [0.05, 0.1) is 56.7 Å². The maximum atomic E-state index is 16.5. The molecule has 0 amide bonds. The van der Waals surface area contributed by atoms with Gasteiger partial charge in [0, 0.05) is 21.5 Å². The van der Waals surface area contributed by atoms with Gasteiger partial charge in [-0.1, -0.05) is 109 Å². The molecule has 10 rings (SSSR count). The molecule has 10 aromatic rings. The number of rotatable bonds is 5. The van der Waals surface area contributed by atoms with Crippen LogP contribution < -0.4 is 0 Å². The minimum Gasteiger partial charge on any atom is -0.309 e. The van der Waals surface area contributed by atoms with Crippen LogP contribution in [0.3, 0.4) is 0 Å². The quantitative estimate of drug-likeness (QED) is 0.175. The van der Waals surface area contributed by atoms with Gasteiger partial charge in [0.25, 0.3) is 0 Å². The zero-order valence-electron chi connectivity index (χ0n) is 32.5. The van der Waals surface area contributed by atoms with Crippen molar-refractivity contribution in [1.29, 1.82) is 10.5 Å². The maximum absolute atomic E-state index is 16.5. The molecule has 286 valence electrons. The van der Waals surface area contributed by atoms with E-state index in [0.717, 1.165) is 54.9 Å². The van der Waals surface area contributed by atoms with Crippen LogP contribution in [0, 0.1) is 36.5 Å². The molecule has 7 heteroatoms. The predicted molar refractivity (Wildman–Crippen MR) is 235 cm³/mol. The zero-order valence-corrected chi connectivity index (χ0v) is 32.5. The van der Waals surface area contributed by atoms with Crippen molar-refractivity contribution in [3.05, 3.63) is 192 Å². The van der Waals surface area contributed by atoms with Gasteiger partial charge in [-0.2, -0.15) is 23.7 Å². The van der Waals surface area contributed by atoms with Gasteiger partial charge in [-0.05, 0) is 113 Å². The molecule has 2 heterocycles. The summed E-state index contributed by atoms with van der Waals surface area (Å²) in [6.07, 6.45) is -4.85. The molecule has 0 bridgehead atoms. The van der Waals surface area contributed by atoms with E-state index in [1.807, 2.05) is 147 Å². The number of alkyl halides is 3. The summed E-state index contributed by atoms with van der Waals surface area (Å²) in [4.78, 5) is 0. The lowest BCUT2D eigenvalue weighted by Crippen LogP contribution is -2.16. The first-order valence-corrected chi connectivity index (χ1v) is 19.5. The van der Waals surface area contributed by atoms with E-state index >= 15 is 13.2 Å². The topological polar surface area (TPSA) is 57.4 Å². The molecule has 0 unspecified atom stereocenters. The summed E-state index contributed by atoms with van der Waals surface area (Å²) in [7, 11) is 0. The van der Waals surface area contributed by atoms with Gasteiger partial charge in [-0.25, -0.2) is 0 Å². The van der Waals surface area contributed by atoms with Gasteiger partial charge in [0.1, 0.15) is 5.56 Å². The van der Waals surface area contributed by atoms with Gasteiger partial charge in [0.2, 0.25) is 0 Å². The minimum atomic E-state index is -4.85. The Kier molecular flexibility index (Phi) is 8.45. The molecule has 60 heavy (non-hydrogen) atoms. The average molecular weight is 783 g/mol. The van der Waals surface area contributed by atoms with Crippen LogP contribution in [0.5, 0.6) is 0 Å². The highest BCUT2D eigenvalue weighted by atomic mass is 19.4. The van der Waals surface area contributed by atoms with E-state index in [4.69, 9.17) is 0 Å². The monoisotopic (exact) mass is 782 g/mol. The van der Waals surface area contributed by atoms with Crippen molar-refractivity contribution in [2.45, 2.75) is 20.0 Å². The molecule has 0 N–H and O–H groups in total. The molecule has 0 fully saturated rings. The number of hydrogen-bond acceptors (Lipinski definition) is 2. The van der Waals surface area contributed by atoms with Crippen LogP contribution in [0.15, 0.2) is 164 Å². The third-order valence-electron chi connectivity index (χ3n) is 11.6. The highest BCUT2D eigenvalue weighted by Crippen LogP contribution is 2.47. The first-order valence-electron chi connectivity index (χ1n) is 19.5. The Bertz CT molecular complexity index is 3260. The molecule has 0 radical (unpaired) electrons. The molecule has 4 nitrogen and oxygen atoms in total. The fraction of sp³-hybridized carbons (Fsp3) is 0.0566. The summed E-state index contributed by atoms with van der Waals surface area (Å²) in [6.45, 7) is 4.04. The third kappa shape index (κ3) is 5.82. The van der Waals surface area contributed by atoms with E-state index in [2.05, 4.69) is 12.1 Å². The van der Waals surface area contributed by atoms with Crippen molar-refractivity contribution in [3.63, 3.8) is 0 Å². The van der Waals surface area contributed by atoms with E-state index < -0.39 is 11.7 Å². The van der Waals surface area contributed by atoms with Crippen molar-refractivity contribution >= 4 is 43.6 Å². The summed E-state index contributed by atoms with van der Waals surface area (Å²) >= 11 is 0. The number of para-hydroxylation sites is 2. The van der Waals surface area contributed by atoms with Gasteiger partial charge < -0.3 is 9.13 Å². The molecule has 0 saturated carbocycles. The Morgan fingerprint density at radius 2 is 0.817 bits per heavy atom. The van der Waals surface area contributed by atoms with Gasteiger partial charge >= 0.3 is 6.18 Å². The van der Waals surface area contributed by atoms with Crippen molar-refractivity contribution in [3.8, 4) is 56.9 Å². The SMILES string of the molecule is Cc1ccccc1-c1ccc2c3ccccc3n(-c3cc(-c4cc(C#N)cc(C#N)c4)cc(-n4c5ccccc5c5ccc(-c6ccccc6C)cc54)c3C(F)(F)F)c2c1. The summed E-state index contributed by atoms with van der Waals surface area (Å²) in [5.41, 5.74) is 8.58. The lowest BCUT2D eigenvalue weighted by atomic mass is 9.96. The first kappa shape index (κ1) is 36.5. The van der Waals surface area contributed by atoms with E-state index in [1.54, 1.807) is 33.4 Å². The van der Waals surface area contributed by atoms with Gasteiger partial charge in [0.15, 0.2) is 0 Å². The molecule has 0 atom stereocenters. The van der Waals surface area contributed by atoms with Crippen molar-refractivity contribution in [2.75, 3.05) is 0 Å². The number of nitriles is 2. The second kappa shape index (κ2) is 13.9. The molecule has 0 aliphatic rings. The molecular formula is C53H33F3N4. The van der Waals surface area contributed by atoms with Crippen LogP contribution in [0.4, 0.5) is 13.2 Å². The number of halogens is 3. The van der Waals surface area contributed by atoms with Crippen LogP contribution in [0.25, 0.3) is 88.4 Å². The van der Waals surface area contributed by atoms with Crippen molar-refractivity contribution < 1.29 is 13.2 Å². The largest absolute Gasteiger partial charge is 0.420 e. The Morgan fingerprint density at radius 1 is 0.417 bits per heavy atom. The summed E-state index contributed by atoms with van der Waals surface area (Å²) in [5, 5.41) is 23.3. The molecule has 8 aromatic carbocycles. The lowest BCUT2D eigenvalue weighted by Gasteiger charge is -2.23. The molecule has 0 spiro atoms. The standard InChI is InChI=1S/C53H33F3N4/c1-32-11-3-5-13-40(32)36-19-21-44-42-15-7-9-17-46(42)59(48(44)26-36)50-28-39(38-24-34(30-57)23-35(25-38)31-58)29-51(52(50)53(54,55)56)60-47-18-10-8-16-43(47)45-22-20-37(27-49(45)60)41-14-6-4-12-33(41)2/h3-29H,1-2H3. The Morgan fingerprint density at radius 3 is 1.25 bits per heavy atom. The second-order valence-corrected chi connectivity index (χ2v) is 15.2. The summed E-state index contributed by atoms with van der Waals surface area (Å²) in [6, 6.07) is 55.1. The van der Waals surface area contributed by atoms with E-state index in [9.17, 15) is 10.5 Å². The molecule has 0 saturated heterocycles. The smallest absolute Gasteiger partial charge is 0.309 e. The molecule has 0 aliphatic heterocycles. The number of benzene rings is 8. The van der Waals surface area contributed by atoms with Crippen LogP contribution in [-0.2, 0) is 6.18 Å². The van der Waals surface area contributed by atoms with Crippen LogP contribution in [-0.4, -0.2) is 9.13 Å². The number of nitrogens with zero attached hydrogens (tertiary/aromatic N) is 4. The van der Waals surface area contributed by atoms with Gasteiger partial charge in [-0.3, -0.25) is 0 Å². The van der Waals surface area contributed by atoms with E-state index in [-0.39, 0.29) is 22.5 Å². The second-order valence-electron chi connectivity index (χ2n) is 15.2. The lowest BCUT2D eigenvalue weighted by molar-refractivity contribution is -0.137. The summed E-state index contributed by atoms with van der Waals surface area (Å²) in [5.74, 6) is 0. The predicted octanol–water partition coefficient (Wildman–Crippen LogP) is 14.3. The van der Waals surface area contributed by atoms with Crippen LogP contribution in [0.1, 0.15) is 27.8 Å². The first-order chi connectivity index (χ1) is 29.1. The van der Waals surface area contributed by atoms with Crippen molar-refractivity contribution in [2.24, 2.45) is 0 Å². The molecule has 2 aromatic heterocycles. The maximum Gasteiger partial charge on any atom is 0.420 e. The number of fused-ring (bicyclic) bond motifs is 6. The Labute approximate surface area is 343 Å². The fourth-order valence-corrected chi connectivity index (χ4v) is 8.93. The average Bonchev–Trinajstić information content (AvgIpc) is 3.77. The number of aromatic nitrogens is 2. The summed E-state index contributed by atoms with van der Waals surface area (Å²) < 4.78 is 53.1. The fourth-order valence-electron chi connectivity index (χ4n) is 8.93. The third-order valence-corrected chi connectivity index (χ3v) is 11.6.